The average molecular weight is 372 g/mol. The quantitative estimate of drug-likeness (QED) is 0.481. The second-order valence-electron chi connectivity index (χ2n) is 3.58. The Bertz CT molecular complexity index is 688. The van der Waals surface area contributed by atoms with Gasteiger partial charge in [0.1, 0.15) is 0 Å². The Labute approximate surface area is 119 Å². The number of rotatable bonds is 4. The molecule has 0 aliphatic heterocycles. The Morgan fingerprint density at radius 1 is 1.00 bits per heavy atom. The second-order valence-corrected chi connectivity index (χ2v) is 6.47. The second kappa shape index (κ2) is 5.82. The van der Waals surface area contributed by atoms with Gasteiger partial charge in [0, 0.05) is 0 Å². The number of hydrogen-bond donors (Lipinski definition) is 2. The molecule has 2 aromatic rings. The van der Waals surface area contributed by atoms with Crippen molar-refractivity contribution in [1.82, 2.24) is 0 Å². The molecule has 5 nitrogen and oxygen atoms in total. The summed E-state index contributed by atoms with van der Waals surface area (Å²) in [5, 5.41) is 0. The summed E-state index contributed by atoms with van der Waals surface area (Å²) in [6.45, 7) is 0. The van der Waals surface area contributed by atoms with E-state index >= 15 is 0 Å². The first kappa shape index (κ1) is 14.2. The van der Waals surface area contributed by atoms with Gasteiger partial charge in [0.25, 0.3) is 0 Å². The van der Waals surface area contributed by atoms with Gasteiger partial charge in [-0.2, -0.15) is 0 Å². The molecule has 19 heavy (non-hydrogen) atoms. The monoisotopic (exact) mass is 371 g/mol. The number of nitrogens with two attached hydrogens (primary N) is 1. The van der Waals surface area contributed by atoms with E-state index in [-0.39, 0.29) is 0 Å². The van der Waals surface area contributed by atoms with Gasteiger partial charge in [-0.3, -0.25) is 0 Å². The molecule has 0 unspecified atom stereocenters. The van der Waals surface area contributed by atoms with Crippen molar-refractivity contribution in [2.75, 3.05) is 5.73 Å². The zero-order valence-electron chi connectivity index (χ0n) is 9.59. The van der Waals surface area contributed by atoms with Gasteiger partial charge in [-0.1, -0.05) is 0 Å². The molecule has 0 aliphatic rings. The average Bonchev–Trinajstić information content (AvgIpc) is 2.37. The summed E-state index contributed by atoms with van der Waals surface area (Å²) < 4.78 is 35.0. The molecule has 0 aliphatic carbocycles. The van der Waals surface area contributed by atoms with Crippen LogP contribution in [0.25, 0.3) is 11.1 Å². The Hall–Kier alpha value is -1.23. The number of hydrogen-bond acceptors (Lipinski definition) is 4. The SMILES string of the molecule is Nc1ccccc1-c1cccc[c]1[Pd][O]S(=O)(=O)O. The summed E-state index contributed by atoms with van der Waals surface area (Å²) in [5.41, 5.74) is 8.08. The Balaban J connectivity index is 2.39. The van der Waals surface area contributed by atoms with Crippen LogP contribution in [0.15, 0.2) is 48.5 Å². The molecule has 0 saturated heterocycles. The molecule has 0 heterocycles. The molecule has 0 aromatic heterocycles. The Kier molecular flexibility index (Phi) is 4.35. The van der Waals surface area contributed by atoms with Crippen molar-refractivity contribution >= 4 is 20.1 Å². The predicted octanol–water partition coefficient (Wildman–Crippen LogP) is 1.38. The van der Waals surface area contributed by atoms with Gasteiger partial charge in [-0.05, 0) is 0 Å². The molecule has 0 radical (unpaired) electrons. The summed E-state index contributed by atoms with van der Waals surface area (Å²) in [6.07, 6.45) is 0. The number of anilines is 1. The van der Waals surface area contributed by atoms with Gasteiger partial charge < -0.3 is 0 Å². The van der Waals surface area contributed by atoms with Crippen molar-refractivity contribution in [2.24, 2.45) is 0 Å². The summed E-state index contributed by atoms with van der Waals surface area (Å²) >= 11 is -0.733. The molecule has 104 valence electrons. The van der Waals surface area contributed by atoms with Crippen LogP contribution in [-0.2, 0) is 31.7 Å². The van der Waals surface area contributed by atoms with E-state index in [9.17, 15) is 8.42 Å². The zero-order valence-corrected chi connectivity index (χ0v) is 12.0. The summed E-state index contributed by atoms with van der Waals surface area (Å²) in [5.74, 6) is 0. The maximum atomic E-state index is 10.6. The third kappa shape index (κ3) is 3.87. The fourth-order valence-corrected chi connectivity index (χ4v) is 3.32. The van der Waals surface area contributed by atoms with Crippen molar-refractivity contribution in [2.45, 2.75) is 0 Å². The van der Waals surface area contributed by atoms with E-state index in [1.165, 1.54) is 0 Å². The molecule has 0 bridgehead atoms. The molecule has 0 amide bonds. The van der Waals surface area contributed by atoms with Crippen molar-refractivity contribution in [3.8, 4) is 11.1 Å². The van der Waals surface area contributed by atoms with Crippen molar-refractivity contribution < 1.29 is 34.2 Å². The van der Waals surface area contributed by atoms with Crippen LogP contribution in [0.3, 0.4) is 0 Å². The van der Waals surface area contributed by atoms with Crippen LogP contribution < -0.4 is 9.77 Å². The fraction of sp³-hybridized carbons (Fsp3) is 0. The van der Waals surface area contributed by atoms with Gasteiger partial charge >= 0.3 is 120 Å². The molecular weight excluding hydrogens is 361 g/mol. The molecular formula is C12H11NO4PdS. The Morgan fingerprint density at radius 2 is 1.58 bits per heavy atom. The topological polar surface area (TPSA) is 89.6 Å². The summed E-state index contributed by atoms with van der Waals surface area (Å²) in [7, 11) is -4.44. The molecule has 0 fully saturated rings. The third-order valence-corrected chi connectivity index (χ3v) is 4.84. The summed E-state index contributed by atoms with van der Waals surface area (Å²) in [4.78, 5) is 0. The van der Waals surface area contributed by atoms with E-state index < -0.39 is 28.8 Å². The van der Waals surface area contributed by atoms with Gasteiger partial charge in [0.2, 0.25) is 0 Å². The van der Waals surface area contributed by atoms with Crippen LogP contribution in [0.5, 0.6) is 0 Å². The number of benzene rings is 2. The molecule has 0 spiro atoms. The van der Waals surface area contributed by atoms with E-state index in [0.717, 1.165) is 11.1 Å². The third-order valence-electron chi connectivity index (χ3n) is 2.26. The van der Waals surface area contributed by atoms with Crippen molar-refractivity contribution in [3.05, 3.63) is 48.5 Å². The molecule has 0 saturated carbocycles. The number of para-hydroxylation sites is 1. The first-order valence-electron chi connectivity index (χ1n) is 5.16. The predicted molar refractivity (Wildman–Crippen MR) is 68.6 cm³/mol. The van der Waals surface area contributed by atoms with Crippen LogP contribution in [0.2, 0.25) is 0 Å². The maximum absolute atomic E-state index is 10.6. The van der Waals surface area contributed by atoms with Gasteiger partial charge in [0.05, 0.1) is 0 Å². The van der Waals surface area contributed by atoms with Gasteiger partial charge in [-0.25, -0.2) is 0 Å². The molecule has 2 rings (SSSR count). The van der Waals surface area contributed by atoms with Crippen LogP contribution in [0.4, 0.5) is 5.69 Å². The fourth-order valence-electron chi connectivity index (χ4n) is 1.52. The molecule has 7 heteroatoms. The minimum absolute atomic E-state index is 0.593. The van der Waals surface area contributed by atoms with E-state index in [1.54, 1.807) is 18.2 Å². The van der Waals surface area contributed by atoms with E-state index in [0.29, 0.717) is 9.72 Å². The number of nitrogen functional groups attached to an aromatic ring is 1. The van der Waals surface area contributed by atoms with E-state index in [2.05, 4.69) is 2.91 Å². The van der Waals surface area contributed by atoms with Crippen LogP contribution in [0, 0.1) is 0 Å². The van der Waals surface area contributed by atoms with Crippen LogP contribution in [-0.4, -0.2) is 13.0 Å². The minimum atomic E-state index is -4.44. The normalized spacial score (nSPS) is 11.6. The van der Waals surface area contributed by atoms with Gasteiger partial charge in [0.15, 0.2) is 0 Å². The van der Waals surface area contributed by atoms with Gasteiger partial charge in [-0.15, -0.1) is 0 Å². The van der Waals surface area contributed by atoms with Crippen molar-refractivity contribution in [1.29, 1.82) is 0 Å². The van der Waals surface area contributed by atoms with E-state index in [1.807, 2.05) is 30.3 Å². The van der Waals surface area contributed by atoms with Crippen LogP contribution in [0.1, 0.15) is 0 Å². The molecule has 2 aromatic carbocycles. The summed E-state index contributed by atoms with van der Waals surface area (Å²) in [6, 6.07) is 14.4. The van der Waals surface area contributed by atoms with E-state index in [4.69, 9.17) is 10.3 Å². The molecule has 3 N–H and O–H groups in total. The van der Waals surface area contributed by atoms with Crippen LogP contribution >= 0.6 is 0 Å². The standard InChI is InChI=1S/C12H10N.H2O4S.Pd/c13-12-9-5-4-8-11(12)10-6-2-1-3-7-10;1-5(2,3)4;/h1-6,8-9H,13H2;(H2,1,2,3,4);/q;;+1/p-1. The first-order chi connectivity index (χ1) is 8.97. The first-order valence-corrected chi connectivity index (χ1v) is 7.94. The zero-order chi connectivity index (χ0) is 13.9. The molecule has 0 atom stereocenters. The van der Waals surface area contributed by atoms with Crippen molar-refractivity contribution in [3.63, 3.8) is 0 Å². The Morgan fingerprint density at radius 3 is 2.21 bits per heavy atom.